The number of carbonyl (C=O) groups is 9. The van der Waals surface area contributed by atoms with Crippen LogP contribution in [-0.4, -0.2) is 134 Å². The summed E-state index contributed by atoms with van der Waals surface area (Å²) in [4.78, 5) is 120. The van der Waals surface area contributed by atoms with E-state index in [0.717, 1.165) is 0 Å². The van der Waals surface area contributed by atoms with Crippen LogP contribution in [-0.2, 0) is 43.2 Å². The number of nitrogens with two attached hydrogens (primary N) is 6. The van der Waals surface area contributed by atoms with Gasteiger partial charge in [0, 0.05) is 13.1 Å². The van der Waals surface area contributed by atoms with E-state index in [-0.39, 0.29) is 50.8 Å². The molecule has 0 aromatic heterocycles. The van der Waals surface area contributed by atoms with Gasteiger partial charge in [-0.3, -0.25) is 53.1 Å². The first-order valence-electron chi connectivity index (χ1n) is 17.5. The molecule has 20 N–H and O–H groups in total. The minimum atomic E-state index is -1.36. The molecule has 0 aliphatic rings. The number of aliphatic imine (C=N–C) groups is 2. The van der Waals surface area contributed by atoms with Crippen LogP contribution in [0.4, 0.5) is 0 Å². The molecule has 0 aromatic rings. The molecular weight excluding hydrogens is 740 g/mol. The summed E-state index contributed by atoms with van der Waals surface area (Å²) in [5, 5.41) is 19.4. The van der Waals surface area contributed by atoms with Crippen LogP contribution >= 0.6 is 0 Å². The monoisotopic (exact) mass is 798 g/mol. The van der Waals surface area contributed by atoms with Gasteiger partial charge in [0.05, 0.1) is 13.0 Å². The number of hydrogen-bond acceptors (Lipinski definition) is 12. The van der Waals surface area contributed by atoms with Gasteiger partial charge in [0.25, 0.3) is 0 Å². The minimum absolute atomic E-state index is 0.0219. The summed E-state index contributed by atoms with van der Waals surface area (Å²) in [5.74, 6) is -7.48. The van der Waals surface area contributed by atoms with Gasteiger partial charge in [-0.2, -0.15) is 0 Å². The van der Waals surface area contributed by atoms with Crippen molar-refractivity contribution in [3.8, 4) is 0 Å². The fourth-order valence-electron chi connectivity index (χ4n) is 4.54. The normalized spacial score (nSPS) is 14.3. The van der Waals surface area contributed by atoms with Crippen LogP contribution in [0.2, 0.25) is 0 Å². The Morgan fingerprint density at radius 3 is 1.21 bits per heavy atom. The molecule has 25 heteroatoms. The molecule has 0 radical (unpaired) electrons. The molecule has 9 amide bonds. The summed E-state index contributed by atoms with van der Waals surface area (Å²) in [6.45, 7) is 5.37. The molecule has 7 atom stereocenters. The first kappa shape index (κ1) is 49.7. The number of nitrogens with one attached hydrogen (secondary N) is 8. The van der Waals surface area contributed by atoms with E-state index in [2.05, 4.69) is 52.5 Å². The molecule has 25 nitrogen and oxygen atoms in total. The van der Waals surface area contributed by atoms with Gasteiger partial charge < -0.3 is 76.9 Å². The predicted molar refractivity (Wildman–Crippen MR) is 203 cm³/mol. The van der Waals surface area contributed by atoms with E-state index in [0.29, 0.717) is 6.42 Å². The van der Waals surface area contributed by atoms with Gasteiger partial charge in [0.15, 0.2) is 11.9 Å². The lowest BCUT2D eigenvalue weighted by molar-refractivity contribution is -0.135. The summed E-state index contributed by atoms with van der Waals surface area (Å²) in [5.41, 5.74) is 31.9. The van der Waals surface area contributed by atoms with Crippen molar-refractivity contribution < 1.29 is 43.2 Å². The van der Waals surface area contributed by atoms with Crippen molar-refractivity contribution in [1.82, 2.24) is 42.5 Å². The van der Waals surface area contributed by atoms with E-state index in [1.54, 1.807) is 0 Å². The van der Waals surface area contributed by atoms with Crippen molar-refractivity contribution in [1.29, 1.82) is 0 Å². The van der Waals surface area contributed by atoms with Crippen molar-refractivity contribution in [3.05, 3.63) is 0 Å². The summed E-state index contributed by atoms with van der Waals surface area (Å²) in [6.07, 6.45) is 0.113. The molecule has 0 aliphatic carbocycles. The van der Waals surface area contributed by atoms with Gasteiger partial charge in [-0.15, -0.1) is 0 Å². The average molecular weight is 799 g/mol. The number of hydrogen-bond donors (Lipinski definition) is 14. The fourth-order valence-corrected chi connectivity index (χ4v) is 4.54. The summed E-state index contributed by atoms with van der Waals surface area (Å²) in [6, 6.07) is -8.60. The van der Waals surface area contributed by atoms with Crippen LogP contribution in [0.1, 0.15) is 59.8 Å². The average Bonchev–Trinajstić information content (AvgIpc) is 3.09. The van der Waals surface area contributed by atoms with Crippen LogP contribution < -0.4 is 76.9 Å². The molecule has 0 unspecified atom stereocenters. The van der Waals surface area contributed by atoms with Crippen molar-refractivity contribution in [3.63, 3.8) is 0 Å². The molecule has 0 aliphatic heterocycles. The van der Waals surface area contributed by atoms with Crippen molar-refractivity contribution in [2.45, 2.75) is 102 Å². The molecule has 0 heterocycles. The second-order valence-corrected chi connectivity index (χ2v) is 12.7. The predicted octanol–water partition coefficient (Wildman–Crippen LogP) is -7.85. The molecule has 0 rings (SSSR count). The Morgan fingerprint density at radius 1 is 0.482 bits per heavy atom. The summed E-state index contributed by atoms with van der Waals surface area (Å²) < 4.78 is 0. The van der Waals surface area contributed by atoms with Gasteiger partial charge in [0.2, 0.25) is 53.2 Å². The van der Waals surface area contributed by atoms with E-state index in [4.69, 9.17) is 34.4 Å². The first-order valence-corrected chi connectivity index (χ1v) is 17.5. The van der Waals surface area contributed by atoms with Crippen LogP contribution in [0.3, 0.4) is 0 Å². The Morgan fingerprint density at radius 2 is 0.839 bits per heavy atom. The first-order chi connectivity index (χ1) is 26.1. The van der Waals surface area contributed by atoms with Crippen molar-refractivity contribution in [2.24, 2.45) is 44.4 Å². The number of carbonyl (C=O) groups excluding carboxylic acids is 9. The van der Waals surface area contributed by atoms with E-state index >= 15 is 0 Å². The van der Waals surface area contributed by atoms with E-state index in [1.807, 2.05) is 0 Å². The zero-order chi connectivity index (χ0) is 43.1. The second-order valence-electron chi connectivity index (χ2n) is 12.7. The number of amides is 9. The van der Waals surface area contributed by atoms with Gasteiger partial charge in [-0.05, 0) is 60.4 Å². The number of likely N-dealkylation sites (N-methyl/N-ethyl adjacent to an activating group) is 1. The highest BCUT2D eigenvalue weighted by atomic mass is 16.2. The van der Waals surface area contributed by atoms with Crippen LogP contribution in [0.15, 0.2) is 9.98 Å². The lowest BCUT2D eigenvalue weighted by Crippen LogP contribution is -2.58. The molecule has 56 heavy (non-hydrogen) atoms. The number of guanidine groups is 2. The smallest absolute Gasteiger partial charge is 0.243 e. The topological polar surface area (TPSA) is 431 Å². The summed E-state index contributed by atoms with van der Waals surface area (Å²) >= 11 is 0. The van der Waals surface area contributed by atoms with E-state index < -0.39 is 102 Å². The molecule has 0 aromatic carbocycles. The molecular formula is C31H58N16O9. The Labute approximate surface area is 323 Å². The molecule has 316 valence electrons. The molecule has 0 spiro atoms. The Kier molecular flexibility index (Phi) is 22.8. The quantitative estimate of drug-likeness (QED) is 0.0220. The Balaban J connectivity index is 5.39. The third-order valence-electron chi connectivity index (χ3n) is 7.59. The van der Waals surface area contributed by atoms with Crippen molar-refractivity contribution >= 4 is 65.1 Å². The Bertz CT molecular complexity index is 1470. The molecule has 0 bridgehead atoms. The maximum Gasteiger partial charge on any atom is 0.243 e. The second kappa shape index (κ2) is 25.7. The third kappa shape index (κ3) is 20.8. The largest absolute Gasteiger partial charge is 0.370 e. The Hall–Kier alpha value is -6.27. The van der Waals surface area contributed by atoms with Crippen LogP contribution in [0.5, 0.6) is 0 Å². The standard InChI is InChI=1S/C31H58N16O9/c1-14(42-26(53)16(3)44-29(56)20(12-21(32)48)45-22(49)13-38-5)24(51)41-15(2)25(52)43-17(4)27(54)47-19(9-7-11-40-31(36)37)28(55)46-18(23(33)50)8-6-10-39-30(34)35/h14-20,38H,6-13H2,1-5H3,(H2,32,48)(H2,33,50)(H,41,51)(H,42,53)(H,43,52)(H,44,56)(H,45,49)(H,46,55)(H,47,54)(H4,34,35,39)(H4,36,37,40)/t14-,15-,16-,17-,18-,19-,20-/m0/s1. The van der Waals surface area contributed by atoms with Gasteiger partial charge in [-0.1, -0.05) is 0 Å². The number of rotatable bonds is 26. The molecule has 0 saturated heterocycles. The highest BCUT2D eigenvalue weighted by Gasteiger charge is 2.30. The maximum atomic E-state index is 13.2. The number of nitrogens with zero attached hydrogens (tertiary/aromatic N) is 2. The zero-order valence-electron chi connectivity index (χ0n) is 32.2. The maximum absolute atomic E-state index is 13.2. The van der Waals surface area contributed by atoms with Gasteiger partial charge in [0.1, 0.15) is 42.3 Å². The van der Waals surface area contributed by atoms with E-state index in [9.17, 15) is 43.2 Å². The molecule has 0 fully saturated rings. The van der Waals surface area contributed by atoms with Crippen LogP contribution in [0, 0.1) is 0 Å². The third-order valence-corrected chi connectivity index (χ3v) is 7.59. The van der Waals surface area contributed by atoms with E-state index in [1.165, 1.54) is 34.7 Å². The summed E-state index contributed by atoms with van der Waals surface area (Å²) in [7, 11) is 1.50. The van der Waals surface area contributed by atoms with Crippen molar-refractivity contribution in [2.75, 3.05) is 26.7 Å². The highest BCUT2D eigenvalue weighted by molar-refractivity contribution is 5.98. The lowest BCUT2D eigenvalue weighted by Gasteiger charge is -2.24. The van der Waals surface area contributed by atoms with Crippen LogP contribution in [0.25, 0.3) is 0 Å². The molecule has 0 saturated carbocycles. The highest BCUT2D eigenvalue weighted by Crippen LogP contribution is 2.04. The van der Waals surface area contributed by atoms with Gasteiger partial charge in [-0.25, -0.2) is 0 Å². The minimum Gasteiger partial charge on any atom is -0.370 e. The fraction of sp³-hybridized carbons (Fsp3) is 0.645. The van der Waals surface area contributed by atoms with Gasteiger partial charge >= 0.3 is 0 Å². The SMILES string of the molecule is CNCC(=O)N[C@@H](CC(N)=O)C(=O)N[C@@H](C)C(=O)N[C@@H](C)C(=O)N[C@@H](C)C(=O)N[C@@H](C)C(=O)N[C@@H](CCCN=C(N)N)C(=O)N[C@@H](CCCN=C(N)N)C(N)=O. The number of primary amides is 2. The zero-order valence-corrected chi connectivity index (χ0v) is 32.2. The lowest BCUT2D eigenvalue weighted by atomic mass is 10.1.